The number of carbonyl (C=O) groups is 3. The average molecular weight is 389 g/mol. The summed E-state index contributed by atoms with van der Waals surface area (Å²) in [6, 6.07) is 6.34. The molecule has 3 rings (SSSR count). The Morgan fingerprint density at radius 3 is 2.82 bits per heavy atom. The molecule has 1 aliphatic rings. The summed E-state index contributed by atoms with van der Waals surface area (Å²) in [7, 11) is 0. The molecule has 0 saturated carbocycles. The number of anilines is 1. The van der Waals surface area contributed by atoms with E-state index in [1.807, 2.05) is 0 Å². The number of nitrogens with one attached hydrogen (secondary N) is 2. The van der Waals surface area contributed by atoms with Crippen LogP contribution in [0.4, 0.5) is 14.9 Å². The number of piperidine rings is 1. The summed E-state index contributed by atoms with van der Waals surface area (Å²) in [4.78, 5) is 37.0. The number of rotatable bonds is 5. The number of likely N-dealkylation sites (tertiary alicyclic amines) is 1. The molecule has 8 nitrogen and oxygen atoms in total. The summed E-state index contributed by atoms with van der Waals surface area (Å²) in [5.41, 5.74) is 0.276. The zero-order valence-electron chi connectivity index (χ0n) is 15.0. The van der Waals surface area contributed by atoms with E-state index in [2.05, 4.69) is 10.6 Å². The van der Waals surface area contributed by atoms with Crippen LogP contribution >= 0.6 is 0 Å². The first kappa shape index (κ1) is 19.4. The molecule has 1 saturated heterocycles. The maximum Gasteiger partial charge on any atom is 0.338 e. The van der Waals surface area contributed by atoms with Crippen LogP contribution in [0.25, 0.3) is 0 Å². The fourth-order valence-corrected chi connectivity index (χ4v) is 3.11. The molecule has 28 heavy (non-hydrogen) atoms. The smallest absolute Gasteiger partial charge is 0.338 e. The minimum Gasteiger partial charge on any atom is -0.478 e. The Kier molecular flexibility index (Phi) is 5.93. The number of nitrogens with zero attached hydrogens (tertiary/aromatic N) is 1. The van der Waals surface area contributed by atoms with E-state index in [0.29, 0.717) is 25.3 Å². The third kappa shape index (κ3) is 4.87. The normalized spacial score (nSPS) is 16.5. The van der Waals surface area contributed by atoms with Gasteiger partial charge in [-0.05, 0) is 37.0 Å². The van der Waals surface area contributed by atoms with Crippen LogP contribution in [0.15, 0.2) is 41.0 Å². The Balaban J connectivity index is 1.51. The number of carboxylic acid groups (broad SMARTS) is 1. The minimum atomic E-state index is -1.16. The second kappa shape index (κ2) is 8.55. The molecule has 2 heterocycles. The van der Waals surface area contributed by atoms with Crippen LogP contribution < -0.4 is 10.6 Å². The monoisotopic (exact) mass is 389 g/mol. The summed E-state index contributed by atoms with van der Waals surface area (Å²) >= 11 is 0. The van der Waals surface area contributed by atoms with Gasteiger partial charge in [0.05, 0.1) is 5.56 Å². The maximum absolute atomic E-state index is 13.1. The van der Waals surface area contributed by atoms with Crippen molar-refractivity contribution in [1.82, 2.24) is 10.2 Å². The van der Waals surface area contributed by atoms with Gasteiger partial charge >= 0.3 is 12.0 Å². The first-order valence-electron chi connectivity index (χ1n) is 8.84. The first-order chi connectivity index (χ1) is 13.4. The molecule has 1 atom stereocenters. The SMILES string of the molecule is O=C(NCC1CCCN(C(=O)c2cc(C(=O)O)co2)C1)Nc1cccc(F)c1. The molecule has 0 bridgehead atoms. The Morgan fingerprint density at radius 2 is 2.11 bits per heavy atom. The highest BCUT2D eigenvalue weighted by atomic mass is 19.1. The molecule has 1 aromatic carbocycles. The zero-order valence-corrected chi connectivity index (χ0v) is 15.0. The Labute approximate surface area is 160 Å². The number of benzene rings is 1. The van der Waals surface area contributed by atoms with E-state index < -0.39 is 17.8 Å². The lowest BCUT2D eigenvalue weighted by Gasteiger charge is -2.32. The van der Waals surface area contributed by atoms with Crippen molar-refractivity contribution in [3.05, 3.63) is 53.7 Å². The van der Waals surface area contributed by atoms with E-state index in [-0.39, 0.29) is 23.1 Å². The van der Waals surface area contributed by atoms with Crippen LogP contribution in [-0.2, 0) is 0 Å². The largest absolute Gasteiger partial charge is 0.478 e. The van der Waals surface area contributed by atoms with Gasteiger partial charge in [0.2, 0.25) is 0 Å². The van der Waals surface area contributed by atoms with Crippen molar-refractivity contribution < 1.29 is 28.3 Å². The minimum absolute atomic E-state index is 0.0187. The van der Waals surface area contributed by atoms with Crippen molar-refractivity contribution in [3.63, 3.8) is 0 Å². The second-order valence-corrected chi connectivity index (χ2v) is 6.61. The van der Waals surface area contributed by atoms with Crippen LogP contribution in [0.1, 0.15) is 33.8 Å². The van der Waals surface area contributed by atoms with E-state index >= 15 is 0 Å². The summed E-state index contributed by atoms with van der Waals surface area (Å²) in [5.74, 6) is -1.95. The summed E-state index contributed by atoms with van der Waals surface area (Å²) in [5, 5.41) is 14.2. The molecule has 1 fully saturated rings. The van der Waals surface area contributed by atoms with Crippen molar-refractivity contribution in [1.29, 1.82) is 0 Å². The highest BCUT2D eigenvalue weighted by Crippen LogP contribution is 2.19. The summed E-state index contributed by atoms with van der Waals surface area (Å²) < 4.78 is 18.2. The number of carboxylic acids is 1. The Hall–Kier alpha value is -3.36. The number of amides is 3. The molecule has 0 radical (unpaired) electrons. The molecule has 0 spiro atoms. The third-order valence-electron chi connectivity index (χ3n) is 4.50. The van der Waals surface area contributed by atoms with Crippen molar-refractivity contribution in [2.24, 2.45) is 5.92 Å². The van der Waals surface area contributed by atoms with Gasteiger partial charge in [-0.1, -0.05) is 6.07 Å². The van der Waals surface area contributed by atoms with Gasteiger partial charge in [-0.25, -0.2) is 14.0 Å². The number of furan rings is 1. The topological polar surface area (TPSA) is 112 Å². The van der Waals surface area contributed by atoms with Gasteiger partial charge in [0.1, 0.15) is 12.1 Å². The number of halogens is 1. The molecule has 148 valence electrons. The van der Waals surface area contributed by atoms with Gasteiger partial charge in [-0.2, -0.15) is 0 Å². The van der Waals surface area contributed by atoms with Gasteiger partial charge in [-0.3, -0.25) is 4.79 Å². The number of urea groups is 1. The molecule has 3 amide bonds. The third-order valence-corrected chi connectivity index (χ3v) is 4.50. The van der Waals surface area contributed by atoms with Crippen molar-refractivity contribution in [2.45, 2.75) is 12.8 Å². The van der Waals surface area contributed by atoms with Gasteiger partial charge in [-0.15, -0.1) is 0 Å². The quantitative estimate of drug-likeness (QED) is 0.728. The predicted molar refractivity (Wildman–Crippen MR) is 97.7 cm³/mol. The van der Waals surface area contributed by atoms with Crippen LogP contribution in [-0.4, -0.2) is 47.5 Å². The Bertz CT molecular complexity index is 882. The number of hydrogen-bond acceptors (Lipinski definition) is 4. The lowest BCUT2D eigenvalue weighted by Crippen LogP contribution is -2.44. The standard InChI is InChI=1S/C19H20FN3O5/c20-14-4-1-5-15(8-14)22-19(27)21-9-12-3-2-6-23(10-12)17(24)16-7-13(11-28-16)18(25)26/h1,4-5,7-8,11-12H,2-3,6,9-10H2,(H,25,26)(H2,21,22,27). The molecule has 9 heteroatoms. The van der Waals surface area contributed by atoms with Crippen molar-refractivity contribution in [3.8, 4) is 0 Å². The molecule has 1 unspecified atom stereocenters. The average Bonchev–Trinajstić information content (AvgIpc) is 3.16. The summed E-state index contributed by atoms with van der Waals surface area (Å²) in [6.07, 6.45) is 2.63. The zero-order chi connectivity index (χ0) is 20.1. The maximum atomic E-state index is 13.1. The molecule has 3 N–H and O–H groups in total. The first-order valence-corrected chi connectivity index (χ1v) is 8.84. The van der Waals surface area contributed by atoms with Gasteiger partial charge in [0.15, 0.2) is 5.76 Å². The van der Waals surface area contributed by atoms with Gasteiger partial charge in [0.25, 0.3) is 5.91 Å². The fourth-order valence-electron chi connectivity index (χ4n) is 3.11. The number of hydrogen-bond donors (Lipinski definition) is 3. The Morgan fingerprint density at radius 1 is 1.29 bits per heavy atom. The van der Waals surface area contributed by atoms with Crippen LogP contribution in [0.5, 0.6) is 0 Å². The van der Waals surface area contributed by atoms with E-state index in [1.165, 1.54) is 24.3 Å². The molecule has 1 aliphatic heterocycles. The predicted octanol–water partition coefficient (Wildman–Crippen LogP) is 2.79. The van der Waals surface area contributed by atoms with E-state index in [9.17, 15) is 18.8 Å². The van der Waals surface area contributed by atoms with Crippen molar-refractivity contribution >= 4 is 23.6 Å². The lowest BCUT2D eigenvalue weighted by molar-refractivity contribution is 0.0642. The van der Waals surface area contributed by atoms with Crippen LogP contribution in [0.2, 0.25) is 0 Å². The molecular formula is C19H20FN3O5. The van der Waals surface area contributed by atoms with E-state index in [4.69, 9.17) is 9.52 Å². The number of carbonyl (C=O) groups excluding carboxylic acids is 2. The van der Waals surface area contributed by atoms with Gasteiger partial charge < -0.3 is 25.1 Å². The molecule has 1 aromatic heterocycles. The lowest BCUT2D eigenvalue weighted by atomic mass is 9.98. The molecule has 2 aromatic rings. The van der Waals surface area contributed by atoms with Gasteiger partial charge in [0, 0.05) is 31.4 Å². The molecule has 0 aliphatic carbocycles. The molecular weight excluding hydrogens is 369 g/mol. The number of aromatic carboxylic acids is 1. The van der Waals surface area contributed by atoms with E-state index in [0.717, 1.165) is 19.1 Å². The highest BCUT2D eigenvalue weighted by molar-refractivity contribution is 5.95. The van der Waals surface area contributed by atoms with Crippen LogP contribution in [0.3, 0.4) is 0 Å². The second-order valence-electron chi connectivity index (χ2n) is 6.61. The van der Waals surface area contributed by atoms with E-state index in [1.54, 1.807) is 11.0 Å². The summed E-state index contributed by atoms with van der Waals surface area (Å²) in [6.45, 7) is 1.31. The highest BCUT2D eigenvalue weighted by Gasteiger charge is 2.27. The van der Waals surface area contributed by atoms with Crippen molar-refractivity contribution in [2.75, 3.05) is 25.0 Å². The fraction of sp³-hybridized carbons (Fsp3) is 0.316. The van der Waals surface area contributed by atoms with Crippen LogP contribution in [0, 0.1) is 11.7 Å².